The number of hydrogen-bond donors (Lipinski definition) is 1. The zero-order chi connectivity index (χ0) is 34.4. The molecule has 1 N–H and O–H groups in total. The van der Waals surface area contributed by atoms with E-state index in [1.165, 1.54) is 35.2 Å². The van der Waals surface area contributed by atoms with Gasteiger partial charge in [0.05, 0.1) is 36.4 Å². The molecule has 0 bridgehead atoms. The molecule has 3 saturated heterocycles. The van der Waals surface area contributed by atoms with Gasteiger partial charge in [0.15, 0.2) is 9.75 Å². The number of benzene rings is 3. The number of anilines is 3. The SMILES string of the molecule is O=C1C2CC=C3C(CC4(Cl)C(=O)N(c5ccc(F)cc5)C(=O)C4(Cl)C3c3ccc(O)cc3Cl)C2C(=O)N1c1ccc(N2CCOCC2)cc1. The van der Waals surface area contributed by atoms with Crippen molar-refractivity contribution < 1.29 is 33.4 Å². The zero-order valence-corrected chi connectivity index (χ0v) is 28.1. The van der Waals surface area contributed by atoms with Gasteiger partial charge in [0.2, 0.25) is 11.8 Å². The van der Waals surface area contributed by atoms with Gasteiger partial charge in [-0.1, -0.05) is 29.3 Å². The summed E-state index contributed by atoms with van der Waals surface area (Å²) in [5.74, 6) is -6.67. The lowest BCUT2D eigenvalue weighted by Gasteiger charge is -2.50. The van der Waals surface area contributed by atoms with Crippen LogP contribution in [-0.2, 0) is 23.9 Å². The van der Waals surface area contributed by atoms with Crippen LogP contribution < -0.4 is 14.7 Å². The van der Waals surface area contributed by atoms with E-state index in [0.717, 1.165) is 35.8 Å². The van der Waals surface area contributed by atoms with Gasteiger partial charge in [0.25, 0.3) is 11.8 Å². The van der Waals surface area contributed by atoms with E-state index in [-0.39, 0.29) is 35.2 Å². The second-order valence-electron chi connectivity index (χ2n) is 13.1. The van der Waals surface area contributed by atoms with Gasteiger partial charge in [-0.3, -0.25) is 24.1 Å². The molecule has 1 saturated carbocycles. The summed E-state index contributed by atoms with van der Waals surface area (Å²) in [7, 11) is 0. The van der Waals surface area contributed by atoms with E-state index < -0.39 is 57.0 Å². The van der Waals surface area contributed by atoms with Crippen LogP contribution in [0.2, 0.25) is 5.02 Å². The first-order valence-corrected chi connectivity index (χ1v) is 17.1. The molecule has 9 nitrogen and oxygen atoms in total. The third kappa shape index (κ3) is 4.60. The third-order valence-electron chi connectivity index (χ3n) is 10.7. The third-order valence-corrected chi connectivity index (χ3v) is 12.4. The normalized spacial score (nSPS) is 31.1. The van der Waals surface area contributed by atoms with Crippen LogP contribution in [0, 0.1) is 23.6 Å². The predicted molar refractivity (Wildman–Crippen MR) is 182 cm³/mol. The Bertz CT molecular complexity index is 1950. The molecule has 3 aromatic rings. The number of nitrogens with zero attached hydrogens (tertiary/aromatic N) is 3. The average Bonchev–Trinajstić information content (AvgIpc) is 3.44. The minimum Gasteiger partial charge on any atom is -0.508 e. The summed E-state index contributed by atoms with van der Waals surface area (Å²) in [4.78, 5) is 57.2. The number of allylic oxidation sites excluding steroid dienone is 2. The minimum absolute atomic E-state index is 0.0732. The second kappa shape index (κ2) is 11.6. The Labute approximate surface area is 295 Å². The van der Waals surface area contributed by atoms with Crippen LogP contribution in [0.25, 0.3) is 0 Å². The smallest absolute Gasteiger partial charge is 0.258 e. The Hall–Kier alpha value is -3.96. The van der Waals surface area contributed by atoms with E-state index in [2.05, 4.69) is 4.90 Å². The first-order valence-electron chi connectivity index (χ1n) is 16.0. The standard InChI is InChI=1S/C36H29Cl3FN3O6/c37-28-17-23(44)9-10-25(28)30-24-11-12-26-29(32(46)42(31(26)45)21-7-5-20(6-8-21)41-13-15-49-16-14-41)27(24)18-35(38)33(47)43(34(48)36(30,35)39)22-3-1-19(40)2-4-22/h1-11,17,26-27,29-30,44H,12-16,18H2. The largest absolute Gasteiger partial charge is 0.508 e. The maximum atomic E-state index is 14.5. The van der Waals surface area contributed by atoms with Crippen LogP contribution in [-0.4, -0.2) is 64.8 Å². The van der Waals surface area contributed by atoms with Crippen molar-refractivity contribution in [1.29, 1.82) is 0 Å². The maximum absolute atomic E-state index is 14.5. The average molecular weight is 725 g/mol. The molecule has 49 heavy (non-hydrogen) atoms. The number of carbonyl (C=O) groups excluding carboxylic acids is 4. The Kier molecular flexibility index (Phi) is 7.60. The molecule has 5 aliphatic rings. The lowest BCUT2D eigenvalue weighted by molar-refractivity contribution is -0.125. The number of imide groups is 2. The fourth-order valence-electron chi connectivity index (χ4n) is 8.38. The van der Waals surface area contributed by atoms with E-state index in [0.29, 0.717) is 30.0 Å². The number of hydrogen-bond acceptors (Lipinski definition) is 7. The maximum Gasteiger partial charge on any atom is 0.258 e. The van der Waals surface area contributed by atoms with Crippen LogP contribution in [0.15, 0.2) is 78.4 Å². The van der Waals surface area contributed by atoms with E-state index >= 15 is 0 Å². The Morgan fingerprint density at radius 1 is 0.796 bits per heavy atom. The molecule has 6 atom stereocenters. The summed E-state index contributed by atoms with van der Waals surface area (Å²) in [5, 5.41) is 10.3. The fraction of sp³-hybridized carbons (Fsp3) is 0.333. The van der Waals surface area contributed by atoms with Crippen molar-refractivity contribution in [2.75, 3.05) is 41.0 Å². The topological polar surface area (TPSA) is 107 Å². The highest BCUT2D eigenvalue weighted by Crippen LogP contribution is 2.66. The van der Waals surface area contributed by atoms with E-state index in [4.69, 9.17) is 39.5 Å². The van der Waals surface area contributed by atoms with Gasteiger partial charge in [-0.25, -0.2) is 9.29 Å². The van der Waals surface area contributed by atoms with Gasteiger partial charge in [-0.15, -0.1) is 23.2 Å². The molecule has 3 aliphatic heterocycles. The number of phenolic OH excluding ortho intramolecular Hbond substituents is 1. The number of carbonyl (C=O) groups is 4. The summed E-state index contributed by atoms with van der Waals surface area (Å²) in [6.45, 7) is 2.69. The van der Waals surface area contributed by atoms with E-state index in [1.807, 2.05) is 18.2 Å². The first-order chi connectivity index (χ1) is 23.5. The molecule has 13 heteroatoms. The number of amides is 4. The summed E-state index contributed by atoms with van der Waals surface area (Å²) in [6.07, 6.45) is 1.78. The van der Waals surface area contributed by atoms with Crippen LogP contribution in [0.3, 0.4) is 0 Å². The molecule has 252 valence electrons. The van der Waals surface area contributed by atoms with Gasteiger partial charge >= 0.3 is 0 Å². The lowest BCUT2D eigenvalue weighted by Crippen LogP contribution is -2.60. The molecule has 2 aliphatic carbocycles. The molecule has 3 heterocycles. The number of ether oxygens (including phenoxy) is 1. The van der Waals surface area contributed by atoms with Crippen molar-refractivity contribution in [3.05, 3.63) is 94.8 Å². The Morgan fingerprint density at radius 3 is 2.10 bits per heavy atom. The molecule has 3 aromatic carbocycles. The van der Waals surface area contributed by atoms with Crippen LogP contribution in [0.1, 0.15) is 24.3 Å². The summed E-state index contributed by atoms with van der Waals surface area (Å²) in [6, 6.07) is 16.3. The van der Waals surface area contributed by atoms with E-state index in [9.17, 15) is 28.7 Å². The van der Waals surface area contributed by atoms with Crippen molar-refractivity contribution in [1.82, 2.24) is 0 Å². The minimum atomic E-state index is -2.13. The number of phenols is 1. The number of fused-ring (bicyclic) bond motifs is 4. The summed E-state index contributed by atoms with van der Waals surface area (Å²) >= 11 is 21.5. The molecule has 0 aromatic heterocycles. The number of rotatable bonds is 4. The molecule has 0 spiro atoms. The van der Waals surface area contributed by atoms with Gasteiger partial charge in [-0.05, 0) is 85.0 Å². The molecule has 4 amide bonds. The van der Waals surface area contributed by atoms with Crippen molar-refractivity contribution in [2.24, 2.45) is 17.8 Å². The monoisotopic (exact) mass is 723 g/mol. The predicted octanol–water partition coefficient (Wildman–Crippen LogP) is 5.79. The Morgan fingerprint density at radius 2 is 1.43 bits per heavy atom. The van der Waals surface area contributed by atoms with E-state index in [1.54, 1.807) is 12.1 Å². The second-order valence-corrected chi connectivity index (χ2v) is 14.7. The highest BCUT2D eigenvalue weighted by Gasteiger charge is 2.76. The van der Waals surface area contributed by atoms with Crippen LogP contribution >= 0.6 is 34.8 Å². The summed E-state index contributed by atoms with van der Waals surface area (Å²) < 4.78 is 19.3. The van der Waals surface area contributed by atoms with Crippen LogP contribution in [0.5, 0.6) is 5.75 Å². The van der Waals surface area contributed by atoms with Crippen molar-refractivity contribution in [3.8, 4) is 5.75 Å². The molecule has 0 radical (unpaired) electrons. The molecular formula is C36H29Cl3FN3O6. The summed E-state index contributed by atoms with van der Waals surface area (Å²) in [5.41, 5.74) is 2.34. The zero-order valence-electron chi connectivity index (χ0n) is 25.8. The lowest BCUT2D eigenvalue weighted by atomic mass is 9.56. The molecule has 4 fully saturated rings. The first kappa shape index (κ1) is 32.3. The molecule has 8 rings (SSSR count). The quantitative estimate of drug-likeness (QED) is 0.206. The molecular weight excluding hydrogens is 696 g/mol. The number of aromatic hydroxyl groups is 1. The fourth-order valence-corrected chi connectivity index (χ4v) is 9.59. The number of alkyl halides is 2. The van der Waals surface area contributed by atoms with Crippen molar-refractivity contribution in [3.63, 3.8) is 0 Å². The van der Waals surface area contributed by atoms with Gasteiger partial charge in [0.1, 0.15) is 11.6 Å². The van der Waals surface area contributed by atoms with Crippen molar-refractivity contribution in [2.45, 2.75) is 28.5 Å². The van der Waals surface area contributed by atoms with Crippen molar-refractivity contribution >= 4 is 75.5 Å². The van der Waals surface area contributed by atoms with Gasteiger partial charge in [-0.2, -0.15) is 0 Å². The van der Waals surface area contributed by atoms with Gasteiger partial charge in [0, 0.05) is 29.7 Å². The highest BCUT2D eigenvalue weighted by atomic mass is 35.5. The number of morpholine rings is 1. The highest BCUT2D eigenvalue weighted by molar-refractivity contribution is 6.58. The van der Waals surface area contributed by atoms with Crippen LogP contribution in [0.4, 0.5) is 21.5 Å². The molecule has 6 unspecified atom stereocenters. The number of halogens is 4. The van der Waals surface area contributed by atoms with Gasteiger partial charge < -0.3 is 14.7 Å². The Balaban J connectivity index is 1.22.